The monoisotopic (exact) mass is 325 g/mol. The second-order valence-corrected chi connectivity index (χ2v) is 6.62. The van der Waals surface area contributed by atoms with Gasteiger partial charge in [0.05, 0.1) is 18.6 Å². The fourth-order valence-electron chi connectivity index (χ4n) is 1.46. The molecule has 0 amide bonds. The number of hydrogen-bond acceptors (Lipinski definition) is 4. The number of hydrogen-bond donors (Lipinski definition) is 0. The van der Waals surface area contributed by atoms with Gasteiger partial charge in [-0.05, 0) is 36.7 Å². The van der Waals surface area contributed by atoms with Gasteiger partial charge in [0.1, 0.15) is 12.3 Å². The summed E-state index contributed by atoms with van der Waals surface area (Å²) in [6.07, 6.45) is 0. The van der Waals surface area contributed by atoms with E-state index in [4.69, 9.17) is 27.9 Å². The van der Waals surface area contributed by atoms with Crippen LogP contribution in [0.5, 0.6) is 5.75 Å². The summed E-state index contributed by atoms with van der Waals surface area (Å²) < 4.78 is 30.0. The maximum atomic E-state index is 12.0. The minimum absolute atomic E-state index is 0.174. The van der Waals surface area contributed by atoms with Crippen molar-refractivity contribution in [3.8, 4) is 5.75 Å². The van der Waals surface area contributed by atoms with Crippen LogP contribution in [0, 0.1) is 0 Å². The van der Waals surface area contributed by atoms with Crippen LogP contribution in [0.25, 0.3) is 0 Å². The van der Waals surface area contributed by atoms with Crippen LogP contribution in [0.4, 0.5) is 5.69 Å². The lowest BCUT2D eigenvalue weighted by Crippen LogP contribution is -2.35. The quantitative estimate of drug-likeness (QED) is 0.752. The van der Waals surface area contributed by atoms with Crippen LogP contribution in [-0.4, -0.2) is 33.1 Å². The molecule has 0 bridgehead atoms. The SMILES string of the molecule is CCS(=O)(=O)N(CC(=O)Cl)c1cc(Cl)ccc1OC. The zero-order chi connectivity index (χ0) is 14.6. The van der Waals surface area contributed by atoms with Gasteiger partial charge in [0, 0.05) is 5.02 Å². The fraction of sp³-hybridized carbons (Fsp3) is 0.364. The second kappa shape index (κ2) is 6.45. The summed E-state index contributed by atoms with van der Waals surface area (Å²) in [5, 5.41) is -0.465. The van der Waals surface area contributed by atoms with Crippen LogP contribution in [-0.2, 0) is 14.8 Å². The van der Waals surface area contributed by atoms with Gasteiger partial charge in [0.15, 0.2) is 0 Å². The second-order valence-electron chi connectivity index (χ2n) is 3.58. The summed E-state index contributed by atoms with van der Waals surface area (Å²) in [4.78, 5) is 11.1. The zero-order valence-electron chi connectivity index (χ0n) is 10.4. The maximum absolute atomic E-state index is 12.0. The Balaban J connectivity index is 3.40. The molecule has 0 unspecified atom stereocenters. The molecule has 0 aliphatic heterocycles. The Morgan fingerprint density at radius 1 is 1.42 bits per heavy atom. The predicted molar refractivity (Wildman–Crippen MR) is 75.7 cm³/mol. The van der Waals surface area contributed by atoms with Crippen molar-refractivity contribution in [3.05, 3.63) is 23.2 Å². The molecule has 19 heavy (non-hydrogen) atoms. The first kappa shape index (κ1) is 16.1. The van der Waals surface area contributed by atoms with E-state index in [9.17, 15) is 13.2 Å². The van der Waals surface area contributed by atoms with Crippen LogP contribution < -0.4 is 9.04 Å². The third-order valence-electron chi connectivity index (χ3n) is 2.38. The Morgan fingerprint density at radius 3 is 2.53 bits per heavy atom. The molecule has 1 rings (SSSR count). The van der Waals surface area contributed by atoms with Crippen molar-refractivity contribution in [1.82, 2.24) is 0 Å². The van der Waals surface area contributed by atoms with Crippen LogP contribution in [0.1, 0.15) is 6.92 Å². The molecule has 1 aromatic carbocycles. The van der Waals surface area contributed by atoms with Crippen molar-refractivity contribution in [1.29, 1.82) is 0 Å². The van der Waals surface area contributed by atoms with E-state index in [0.717, 1.165) is 4.31 Å². The molecular formula is C11H13Cl2NO4S. The highest BCUT2D eigenvalue weighted by molar-refractivity contribution is 7.92. The van der Waals surface area contributed by atoms with Gasteiger partial charge in [0.2, 0.25) is 15.3 Å². The molecule has 0 saturated carbocycles. The molecule has 0 heterocycles. The van der Waals surface area contributed by atoms with Crippen LogP contribution in [0.3, 0.4) is 0 Å². The van der Waals surface area contributed by atoms with Gasteiger partial charge in [-0.2, -0.15) is 0 Å². The highest BCUT2D eigenvalue weighted by Crippen LogP contribution is 2.33. The summed E-state index contributed by atoms with van der Waals surface area (Å²) in [5.41, 5.74) is 0.186. The Labute approximate surface area is 122 Å². The Hall–Kier alpha value is -0.980. The first-order valence-corrected chi connectivity index (χ1v) is 7.70. The minimum Gasteiger partial charge on any atom is -0.495 e. The fourth-order valence-corrected chi connectivity index (χ4v) is 2.88. The van der Waals surface area contributed by atoms with Crippen LogP contribution in [0.2, 0.25) is 5.02 Å². The van der Waals surface area contributed by atoms with E-state index in [1.165, 1.54) is 26.2 Å². The molecule has 0 aliphatic rings. The number of methoxy groups -OCH3 is 1. The lowest BCUT2D eigenvalue weighted by atomic mass is 10.3. The summed E-state index contributed by atoms with van der Waals surface area (Å²) in [5.74, 6) is 0.117. The van der Waals surface area contributed by atoms with E-state index < -0.39 is 21.8 Å². The van der Waals surface area contributed by atoms with Crippen molar-refractivity contribution >= 4 is 44.2 Å². The minimum atomic E-state index is -3.67. The number of halogens is 2. The average molecular weight is 326 g/mol. The number of carbonyl (C=O) groups is 1. The van der Waals surface area contributed by atoms with Gasteiger partial charge in [0.25, 0.3) is 0 Å². The van der Waals surface area contributed by atoms with Crippen LogP contribution >= 0.6 is 23.2 Å². The van der Waals surface area contributed by atoms with Crippen LogP contribution in [0.15, 0.2) is 18.2 Å². The van der Waals surface area contributed by atoms with E-state index in [-0.39, 0.29) is 11.4 Å². The molecule has 106 valence electrons. The number of ether oxygens (including phenoxy) is 1. The summed E-state index contributed by atoms with van der Waals surface area (Å²) in [6.45, 7) is 0.993. The smallest absolute Gasteiger partial charge is 0.242 e. The van der Waals surface area contributed by atoms with Gasteiger partial charge in [-0.1, -0.05) is 11.6 Å². The third kappa shape index (κ3) is 3.99. The molecule has 1 aromatic rings. The molecule has 0 saturated heterocycles. The highest BCUT2D eigenvalue weighted by atomic mass is 35.5. The van der Waals surface area contributed by atoms with Crippen molar-refractivity contribution in [3.63, 3.8) is 0 Å². The first-order chi connectivity index (χ1) is 8.81. The van der Waals surface area contributed by atoms with Gasteiger partial charge in [-0.25, -0.2) is 8.42 Å². The topological polar surface area (TPSA) is 63.7 Å². The van der Waals surface area contributed by atoms with E-state index in [1.807, 2.05) is 0 Å². The lowest BCUT2D eigenvalue weighted by molar-refractivity contribution is -0.110. The van der Waals surface area contributed by atoms with Crippen molar-refractivity contribution in [2.75, 3.05) is 23.7 Å². The number of carbonyl (C=O) groups excluding carboxylic acids is 1. The largest absolute Gasteiger partial charge is 0.495 e. The van der Waals surface area contributed by atoms with Gasteiger partial charge in [-0.3, -0.25) is 9.10 Å². The van der Waals surface area contributed by atoms with Gasteiger partial charge >= 0.3 is 0 Å². The summed E-state index contributed by atoms with van der Waals surface area (Å²) in [6, 6.07) is 4.49. The molecule has 0 aromatic heterocycles. The molecule has 0 radical (unpaired) electrons. The molecule has 5 nitrogen and oxygen atoms in total. The van der Waals surface area contributed by atoms with Crippen molar-refractivity contribution in [2.24, 2.45) is 0 Å². The molecular weight excluding hydrogens is 313 g/mol. The molecule has 0 fully saturated rings. The summed E-state index contributed by atoms with van der Waals surface area (Å²) >= 11 is 11.2. The lowest BCUT2D eigenvalue weighted by Gasteiger charge is -2.24. The molecule has 0 N–H and O–H groups in total. The molecule has 0 spiro atoms. The number of rotatable bonds is 6. The standard InChI is InChI=1S/C11H13Cl2NO4S/c1-3-19(16,17)14(7-11(13)15)9-6-8(12)4-5-10(9)18-2/h4-6H,3,7H2,1-2H3. The highest BCUT2D eigenvalue weighted by Gasteiger charge is 2.25. The van der Waals surface area contributed by atoms with E-state index in [1.54, 1.807) is 6.07 Å². The van der Waals surface area contributed by atoms with Gasteiger partial charge < -0.3 is 4.74 Å². The molecule has 0 aliphatic carbocycles. The average Bonchev–Trinajstić information content (AvgIpc) is 2.35. The van der Waals surface area contributed by atoms with Crippen molar-refractivity contribution in [2.45, 2.75) is 6.92 Å². The van der Waals surface area contributed by atoms with E-state index >= 15 is 0 Å². The number of benzene rings is 1. The molecule has 0 atom stereocenters. The predicted octanol–water partition coefficient (Wildman–Crippen LogP) is 2.27. The Bertz CT molecular complexity index is 574. The van der Waals surface area contributed by atoms with E-state index in [0.29, 0.717) is 10.8 Å². The van der Waals surface area contributed by atoms with E-state index in [2.05, 4.69) is 0 Å². The Morgan fingerprint density at radius 2 is 2.05 bits per heavy atom. The number of nitrogens with zero attached hydrogens (tertiary/aromatic N) is 1. The van der Waals surface area contributed by atoms with Gasteiger partial charge in [-0.15, -0.1) is 0 Å². The summed E-state index contributed by atoms with van der Waals surface area (Å²) in [7, 11) is -2.27. The first-order valence-electron chi connectivity index (χ1n) is 5.34. The third-order valence-corrected chi connectivity index (χ3v) is 4.46. The Kier molecular flexibility index (Phi) is 5.46. The number of anilines is 1. The maximum Gasteiger partial charge on any atom is 0.242 e. The normalized spacial score (nSPS) is 11.2. The zero-order valence-corrected chi connectivity index (χ0v) is 12.7. The molecule has 8 heteroatoms. The van der Waals surface area contributed by atoms with Crippen molar-refractivity contribution < 1.29 is 17.9 Å². The number of sulfonamides is 1.